The molecule has 0 aliphatic carbocycles. The van der Waals surface area contributed by atoms with Gasteiger partial charge >= 0.3 is 0 Å². The molecule has 0 aliphatic heterocycles. The normalized spacial score (nSPS) is 10.6. The van der Waals surface area contributed by atoms with Crippen molar-refractivity contribution in [3.8, 4) is 0 Å². The fraction of sp³-hybridized carbons (Fsp3) is 0.200. The predicted molar refractivity (Wildman–Crippen MR) is 95.9 cm³/mol. The Hall–Kier alpha value is -1.63. The maximum atomic E-state index is 5.93. The summed E-state index contributed by atoms with van der Waals surface area (Å²) < 4.78 is 0. The minimum Gasteiger partial charge on any atom is -0.398 e. The summed E-state index contributed by atoms with van der Waals surface area (Å²) in [4.78, 5) is 11.3. The summed E-state index contributed by atoms with van der Waals surface area (Å²) in [6.07, 6.45) is 0. The molecule has 1 aromatic heterocycles. The molecular formula is C15H17IN4. The molecule has 2 aromatic carbocycles. The average molecular weight is 380 g/mol. The minimum atomic E-state index is 0. The van der Waals surface area contributed by atoms with Crippen LogP contribution >= 0.6 is 24.0 Å². The lowest BCUT2D eigenvalue weighted by Gasteiger charge is -2.12. The zero-order chi connectivity index (χ0) is 13.6. The molecule has 0 bridgehead atoms. The number of nitrogens with two attached hydrogens (primary N) is 1. The number of nitrogens with zero attached hydrogens (tertiary/aromatic N) is 3. The van der Waals surface area contributed by atoms with Crippen molar-refractivity contribution in [2.75, 3.05) is 24.7 Å². The molecule has 0 amide bonds. The first-order valence-electron chi connectivity index (χ1n) is 6.19. The third-order valence-electron chi connectivity index (χ3n) is 3.32. The zero-order valence-corrected chi connectivity index (χ0v) is 14.0. The molecule has 5 heteroatoms. The number of rotatable bonds is 1. The molecule has 2 N–H and O–H groups in total. The van der Waals surface area contributed by atoms with Gasteiger partial charge in [0.1, 0.15) is 0 Å². The van der Waals surface area contributed by atoms with Crippen LogP contribution in [0.15, 0.2) is 30.3 Å². The Morgan fingerprint density at radius 3 is 2.20 bits per heavy atom. The van der Waals surface area contributed by atoms with Crippen molar-refractivity contribution >= 4 is 57.4 Å². The number of hydrogen-bond acceptors (Lipinski definition) is 4. The summed E-state index contributed by atoms with van der Waals surface area (Å²) >= 11 is 0. The van der Waals surface area contributed by atoms with E-state index in [0.717, 1.165) is 39.0 Å². The fourth-order valence-corrected chi connectivity index (χ4v) is 2.11. The Morgan fingerprint density at radius 1 is 0.900 bits per heavy atom. The Kier molecular flexibility index (Phi) is 3.99. The Bertz CT molecular complexity index is 784. The molecule has 0 radical (unpaired) electrons. The van der Waals surface area contributed by atoms with Gasteiger partial charge in [0, 0.05) is 25.5 Å². The number of fused-ring (bicyclic) bond motifs is 2. The van der Waals surface area contributed by atoms with Crippen molar-refractivity contribution < 1.29 is 0 Å². The Labute approximate surface area is 135 Å². The van der Waals surface area contributed by atoms with Gasteiger partial charge in [0.2, 0.25) is 0 Å². The highest BCUT2D eigenvalue weighted by Crippen LogP contribution is 2.23. The van der Waals surface area contributed by atoms with Crippen molar-refractivity contribution in [1.29, 1.82) is 0 Å². The van der Waals surface area contributed by atoms with E-state index < -0.39 is 0 Å². The summed E-state index contributed by atoms with van der Waals surface area (Å²) in [5, 5.41) is 0. The summed E-state index contributed by atoms with van der Waals surface area (Å²) in [7, 11) is 4.02. The van der Waals surface area contributed by atoms with Crippen LogP contribution in [0.2, 0.25) is 0 Å². The maximum Gasteiger partial charge on any atom is 0.0915 e. The number of nitrogen functional groups attached to an aromatic ring is 1. The fourth-order valence-electron chi connectivity index (χ4n) is 2.11. The lowest BCUT2D eigenvalue weighted by molar-refractivity contribution is 1.13. The number of anilines is 2. The molecule has 1 heterocycles. The van der Waals surface area contributed by atoms with Crippen LogP contribution in [0.5, 0.6) is 0 Å². The van der Waals surface area contributed by atoms with Crippen molar-refractivity contribution in [3.05, 3.63) is 35.9 Å². The van der Waals surface area contributed by atoms with Crippen molar-refractivity contribution in [1.82, 2.24) is 9.97 Å². The molecule has 3 rings (SSSR count). The van der Waals surface area contributed by atoms with E-state index in [1.54, 1.807) is 0 Å². The first kappa shape index (κ1) is 14.8. The van der Waals surface area contributed by atoms with E-state index in [1.807, 2.05) is 51.4 Å². The molecule has 0 unspecified atom stereocenters. The molecular weight excluding hydrogens is 363 g/mol. The van der Waals surface area contributed by atoms with Crippen molar-refractivity contribution in [2.45, 2.75) is 6.92 Å². The first-order chi connectivity index (χ1) is 9.04. The monoisotopic (exact) mass is 380 g/mol. The van der Waals surface area contributed by atoms with Crippen LogP contribution in [0.25, 0.3) is 22.1 Å². The number of benzene rings is 2. The molecule has 0 saturated carbocycles. The van der Waals surface area contributed by atoms with Gasteiger partial charge in [-0.15, -0.1) is 24.0 Å². The van der Waals surface area contributed by atoms with Gasteiger partial charge in [-0.05, 0) is 42.8 Å². The molecule has 3 aromatic rings. The second kappa shape index (κ2) is 5.40. The van der Waals surface area contributed by atoms with Gasteiger partial charge in [0.05, 0.1) is 22.1 Å². The largest absolute Gasteiger partial charge is 0.398 e. The lowest BCUT2D eigenvalue weighted by atomic mass is 10.1. The predicted octanol–water partition coefficient (Wildman–Crippen LogP) is 3.36. The van der Waals surface area contributed by atoms with Crippen LogP contribution in [0.4, 0.5) is 11.4 Å². The highest BCUT2D eigenvalue weighted by Gasteiger charge is 2.05. The molecule has 0 spiro atoms. The first-order valence-corrected chi connectivity index (χ1v) is 6.19. The van der Waals surface area contributed by atoms with E-state index in [0.29, 0.717) is 0 Å². The number of aryl methyl sites for hydroxylation is 1. The quantitative estimate of drug-likeness (QED) is 0.400. The number of hydrogen-bond donors (Lipinski definition) is 1. The second-order valence-electron chi connectivity index (χ2n) is 4.99. The highest BCUT2D eigenvalue weighted by molar-refractivity contribution is 14.0. The van der Waals surface area contributed by atoms with Gasteiger partial charge in [0.25, 0.3) is 0 Å². The van der Waals surface area contributed by atoms with E-state index in [9.17, 15) is 0 Å². The average Bonchev–Trinajstić information content (AvgIpc) is 2.37. The van der Waals surface area contributed by atoms with Crippen molar-refractivity contribution in [2.24, 2.45) is 0 Å². The third kappa shape index (κ3) is 2.49. The minimum absolute atomic E-state index is 0. The summed E-state index contributed by atoms with van der Waals surface area (Å²) in [5.41, 5.74) is 12.4. The van der Waals surface area contributed by atoms with E-state index in [1.165, 1.54) is 0 Å². The van der Waals surface area contributed by atoms with Gasteiger partial charge < -0.3 is 10.6 Å². The van der Waals surface area contributed by atoms with Gasteiger partial charge in [-0.1, -0.05) is 0 Å². The zero-order valence-electron chi connectivity index (χ0n) is 11.7. The van der Waals surface area contributed by atoms with Crippen LogP contribution in [-0.2, 0) is 0 Å². The molecule has 4 nitrogen and oxygen atoms in total. The number of halogens is 1. The van der Waals surface area contributed by atoms with Crippen molar-refractivity contribution in [3.63, 3.8) is 0 Å². The SMILES string of the molecule is Cc1cc2nc3ccc(N(C)C)cc3nc2cc1N.I. The smallest absolute Gasteiger partial charge is 0.0915 e. The van der Waals surface area contributed by atoms with Gasteiger partial charge in [-0.3, -0.25) is 0 Å². The van der Waals surface area contributed by atoms with Crippen LogP contribution in [0.3, 0.4) is 0 Å². The topological polar surface area (TPSA) is 55.0 Å². The number of aromatic nitrogens is 2. The Balaban J connectivity index is 0.00000147. The summed E-state index contributed by atoms with van der Waals surface area (Å²) in [6, 6.07) is 9.96. The summed E-state index contributed by atoms with van der Waals surface area (Å²) in [5.74, 6) is 0. The third-order valence-corrected chi connectivity index (χ3v) is 3.32. The molecule has 0 saturated heterocycles. The van der Waals surface area contributed by atoms with Crippen LogP contribution in [-0.4, -0.2) is 24.1 Å². The second-order valence-corrected chi connectivity index (χ2v) is 4.99. The molecule has 20 heavy (non-hydrogen) atoms. The summed E-state index contributed by atoms with van der Waals surface area (Å²) in [6.45, 7) is 1.98. The highest BCUT2D eigenvalue weighted by atomic mass is 127. The van der Waals surface area contributed by atoms with E-state index >= 15 is 0 Å². The van der Waals surface area contributed by atoms with E-state index in [-0.39, 0.29) is 24.0 Å². The van der Waals surface area contributed by atoms with E-state index in [4.69, 9.17) is 5.73 Å². The van der Waals surface area contributed by atoms with Gasteiger partial charge in [-0.25, -0.2) is 9.97 Å². The lowest BCUT2D eigenvalue weighted by Crippen LogP contribution is -2.08. The van der Waals surface area contributed by atoms with Gasteiger partial charge in [-0.2, -0.15) is 0 Å². The van der Waals surface area contributed by atoms with Crippen LogP contribution in [0, 0.1) is 6.92 Å². The standard InChI is InChI=1S/C15H16N4.HI/c1-9-6-13-15(8-11(9)16)18-14-7-10(19(2)3)4-5-12(14)17-13;/h4-8H,16H2,1-3H3;1H. The molecule has 0 atom stereocenters. The van der Waals surface area contributed by atoms with E-state index in [2.05, 4.69) is 14.9 Å². The van der Waals surface area contributed by atoms with Crippen LogP contribution in [0.1, 0.15) is 5.56 Å². The molecule has 0 aliphatic rings. The van der Waals surface area contributed by atoms with Gasteiger partial charge in [0.15, 0.2) is 0 Å². The molecule has 104 valence electrons. The maximum absolute atomic E-state index is 5.93. The molecule has 0 fully saturated rings. The Morgan fingerprint density at radius 2 is 1.50 bits per heavy atom. The van der Waals surface area contributed by atoms with Crippen LogP contribution < -0.4 is 10.6 Å².